The van der Waals surface area contributed by atoms with Gasteiger partial charge in [0.2, 0.25) is 0 Å². The fourth-order valence-corrected chi connectivity index (χ4v) is 3.40. The topological polar surface area (TPSA) is 49.9 Å². The van der Waals surface area contributed by atoms with Gasteiger partial charge in [-0.2, -0.15) is 0 Å². The highest BCUT2D eigenvalue weighted by Crippen LogP contribution is 2.31. The third-order valence-electron chi connectivity index (χ3n) is 4.53. The first-order chi connectivity index (χ1) is 11.3. The number of aryl methyl sites for hydroxylation is 1. The van der Waals surface area contributed by atoms with Gasteiger partial charge in [-0.3, -0.25) is 4.79 Å². The van der Waals surface area contributed by atoms with E-state index < -0.39 is 5.60 Å². The molecular formula is C19H26N2O3. The summed E-state index contributed by atoms with van der Waals surface area (Å²) in [5.41, 5.74) is 2.62. The molecule has 2 aliphatic rings. The minimum Gasteiger partial charge on any atom is -0.444 e. The molecule has 1 saturated heterocycles. The summed E-state index contributed by atoms with van der Waals surface area (Å²) in [6.45, 7) is 8.32. The number of amides is 1. The maximum atomic E-state index is 12.4. The number of anilines is 1. The molecule has 1 amide bonds. The van der Waals surface area contributed by atoms with Crippen LogP contribution in [0.15, 0.2) is 18.2 Å². The number of ketones is 1. The predicted octanol–water partition coefficient (Wildman–Crippen LogP) is 3.26. The quantitative estimate of drug-likeness (QED) is 0.793. The first-order valence-corrected chi connectivity index (χ1v) is 8.73. The molecule has 24 heavy (non-hydrogen) atoms. The highest BCUT2D eigenvalue weighted by molar-refractivity contribution is 6.03. The number of hydrogen-bond donors (Lipinski definition) is 0. The number of carbonyl (C=O) groups is 2. The molecule has 0 atom stereocenters. The highest BCUT2D eigenvalue weighted by atomic mass is 16.6. The lowest BCUT2D eigenvalue weighted by Gasteiger charge is -2.38. The Morgan fingerprint density at radius 3 is 2.46 bits per heavy atom. The molecule has 130 valence electrons. The van der Waals surface area contributed by atoms with Gasteiger partial charge in [0, 0.05) is 43.9 Å². The second kappa shape index (κ2) is 6.46. The summed E-state index contributed by atoms with van der Waals surface area (Å²) in [4.78, 5) is 28.5. The molecular weight excluding hydrogens is 304 g/mol. The molecule has 1 aliphatic heterocycles. The lowest BCUT2D eigenvalue weighted by atomic mass is 9.89. The zero-order chi connectivity index (χ0) is 17.3. The van der Waals surface area contributed by atoms with Crippen LogP contribution in [-0.4, -0.2) is 48.6 Å². The molecule has 0 saturated carbocycles. The number of nitrogens with zero attached hydrogens (tertiary/aromatic N) is 2. The number of hydrogen-bond acceptors (Lipinski definition) is 4. The van der Waals surface area contributed by atoms with E-state index in [2.05, 4.69) is 11.0 Å². The van der Waals surface area contributed by atoms with Gasteiger partial charge in [0.05, 0.1) is 0 Å². The molecule has 5 nitrogen and oxygen atoms in total. The van der Waals surface area contributed by atoms with Crippen molar-refractivity contribution in [3.63, 3.8) is 0 Å². The second-order valence-corrected chi connectivity index (χ2v) is 7.54. The Bertz CT molecular complexity index is 641. The second-order valence-electron chi connectivity index (χ2n) is 7.54. The molecule has 5 heteroatoms. The molecule has 0 unspecified atom stereocenters. The van der Waals surface area contributed by atoms with Crippen molar-refractivity contribution in [1.29, 1.82) is 0 Å². The zero-order valence-corrected chi connectivity index (χ0v) is 14.8. The third-order valence-corrected chi connectivity index (χ3v) is 4.53. The van der Waals surface area contributed by atoms with Crippen LogP contribution in [0.2, 0.25) is 0 Å². The first kappa shape index (κ1) is 16.8. The summed E-state index contributed by atoms with van der Waals surface area (Å²) >= 11 is 0. The van der Waals surface area contributed by atoms with E-state index in [1.165, 1.54) is 5.56 Å². The molecule has 1 fully saturated rings. The summed E-state index contributed by atoms with van der Waals surface area (Å²) in [6, 6.07) is 6.13. The van der Waals surface area contributed by atoms with Gasteiger partial charge in [-0.15, -0.1) is 0 Å². The number of Topliss-reactive ketones (excluding diaryl/α,β-unsaturated/α-hetero) is 1. The van der Waals surface area contributed by atoms with Crippen molar-refractivity contribution < 1.29 is 14.3 Å². The summed E-state index contributed by atoms with van der Waals surface area (Å²) in [6.07, 6.45) is 2.31. The van der Waals surface area contributed by atoms with Crippen molar-refractivity contribution in [2.45, 2.75) is 45.6 Å². The van der Waals surface area contributed by atoms with Crippen molar-refractivity contribution in [3.05, 3.63) is 29.3 Å². The van der Waals surface area contributed by atoms with E-state index in [1.54, 1.807) is 4.90 Å². The molecule has 0 bridgehead atoms. The monoisotopic (exact) mass is 330 g/mol. The van der Waals surface area contributed by atoms with Gasteiger partial charge in [-0.05, 0) is 45.2 Å². The van der Waals surface area contributed by atoms with Crippen molar-refractivity contribution in [1.82, 2.24) is 4.90 Å². The van der Waals surface area contributed by atoms with Crippen LogP contribution in [0.4, 0.5) is 10.5 Å². The van der Waals surface area contributed by atoms with Gasteiger partial charge in [-0.25, -0.2) is 4.79 Å². The molecule has 1 aromatic carbocycles. The third kappa shape index (κ3) is 3.55. The molecule has 1 aliphatic carbocycles. The normalized spacial score (nSPS) is 18.4. The average molecular weight is 330 g/mol. The van der Waals surface area contributed by atoms with Crippen LogP contribution in [-0.2, 0) is 11.2 Å². The number of rotatable bonds is 1. The standard InChI is InChI=1S/C19H26N2O3/c1-19(2,3)24-18(23)21-12-10-20(11-13-21)15-8-4-6-14-7-5-9-16(22)17(14)15/h4,6,8H,5,7,9-13H2,1-3H3. The smallest absolute Gasteiger partial charge is 0.410 e. The minimum atomic E-state index is -0.473. The molecule has 0 radical (unpaired) electrons. The summed E-state index contributed by atoms with van der Waals surface area (Å²) < 4.78 is 5.44. The minimum absolute atomic E-state index is 0.251. The molecule has 3 rings (SSSR count). The van der Waals surface area contributed by atoms with Crippen LogP contribution in [0.1, 0.15) is 49.5 Å². The van der Waals surface area contributed by atoms with E-state index in [0.29, 0.717) is 19.5 Å². The van der Waals surface area contributed by atoms with E-state index in [1.807, 2.05) is 32.9 Å². The van der Waals surface area contributed by atoms with Gasteiger partial charge in [0.25, 0.3) is 0 Å². The van der Waals surface area contributed by atoms with Crippen LogP contribution < -0.4 is 4.90 Å². The van der Waals surface area contributed by atoms with E-state index in [9.17, 15) is 9.59 Å². The van der Waals surface area contributed by atoms with Crippen LogP contribution in [0, 0.1) is 0 Å². The Labute approximate surface area is 143 Å². The molecule has 0 aromatic heterocycles. The largest absolute Gasteiger partial charge is 0.444 e. The summed E-state index contributed by atoms with van der Waals surface area (Å²) in [7, 11) is 0. The molecule has 1 heterocycles. The van der Waals surface area contributed by atoms with Gasteiger partial charge in [-0.1, -0.05) is 12.1 Å². The maximum Gasteiger partial charge on any atom is 0.410 e. The average Bonchev–Trinajstić information content (AvgIpc) is 2.53. The van der Waals surface area contributed by atoms with E-state index in [0.717, 1.165) is 37.2 Å². The lowest BCUT2D eigenvalue weighted by molar-refractivity contribution is 0.0240. The van der Waals surface area contributed by atoms with Gasteiger partial charge >= 0.3 is 6.09 Å². The lowest BCUT2D eigenvalue weighted by Crippen LogP contribution is -2.50. The Hall–Kier alpha value is -2.04. The van der Waals surface area contributed by atoms with E-state index in [-0.39, 0.29) is 11.9 Å². The number of piperazine rings is 1. The number of benzene rings is 1. The Morgan fingerprint density at radius 1 is 1.08 bits per heavy atom. The van der Waals surface area contributed by atoms with E-state index in [4.69, 9.17) is 4.74 Å². The molecule has 0 spiro atoms. The van der Waals surface area contributed by atoms with Gasteiger partial charge in [0.15, 0.2) is 5.78 Å². The number of ether oxygens (including phenoxy) is 1. The van der Waals surface area contributed by atoms with Crippen molar-refractivity contribution in [2.24, 2.45) is 0 Å². The van der Waals surface area contributed by atoms with Crippen LogP contribution >= 0.6 is 0 Å². The number of carbonyl (C=O) groups excluding carboxylic acids is 2. The maximum absolute atomic E-state index is 12.4. The SMILES string of the molecule is CC(C)(C)OC(=O)N1CCN(c2cccc3c2C(=O)CCC3)CC1. The summed E-state index contributed by atoms with van der Waals surface area (Å²) in [5, 5.41) is 0. The van der Waals surface area contributed by atoms with Crippen LogP contribution in [0.25, 0.3) is 0 Å². The Morgan fingerprint density at radius 2 is 1.79 bits per heavy atom. The van der Waals surface area contributed by atoms with Crippen molar-refractivity contribution in [2.75, 3.05) is 31.1 Å². The van der Waals surface area contributed by atoms with Gasteiger partial charge < -0.3 is 14.5 Å². The number of fused-ring (bicyclic) bond motifs is 1. The predicted molar refractivity (Wildman–Crippen MR) is 93.7 cm³/mol. The summed E-state index contributed by atoms with van der Waals surface area (Å²) in [5.74, 6) is 0.251. The Kier molecular flexibility index (Phi) is 4.52. The van der Waals surface area contributed by atoms with Crippen molar-refractivity contribution >= 4 is 17.6 Å². The molecule has 0 N–H and O–H groups in total. The van der Waals surface area contributed by atoms with Crippen LogP contribution in [0.5, 0.6) is 0 Å². The Balaban J connectivity index is 1.70. The van der Waals surface area contributed by atoms with Gasteiger partial charge in [0.1, 0.15) is 5.60 Å². The van der Waals surface area contributed by atoms with E-state index >= 15 is 0 Å². The fraction of sp³-hybridized carbons (Fsp3) is 0.579. The molecule has 1 aromatic rings. The highest BCUT2D eigenvalue weighted by Gasteiger charge is 2.28. The zero-order valence-electron chi connectivity index (χ0n) is 14.8. The van der Waals surface area contributed by atoms with Crippen molar-refractivity contribution in [3.8, 4) is 0 Å². The first-order valence-electron chi connectivity index (χ1n) is 8.73. The fourth-order valence-electron chi connectivity index (χ4n) is 3.40. The van der Waals surface area contributed by atoms with Crippen LogP contribution in [0.3, 0.4) is 0 Å².